The fraction of sp³-hybridized carbons (Fsp3) is 0.500. The summed E-state index contributed by atoms with van der Waals surface area (Å²) in [4.78, 5) is 31.6. The SMILES string of the molecule is CN1C(=O)c2ccccc2[C@@H](C(=O)NCCCN2CCCCCC2)[C@@H]1c1cccs1. The summed E-state index contributed by atoms with van der Waals surface area (Å²) in [5, 5.41) is 5.18. The summed E-state index contributed by atoms with van der Waals surface area (Å²) in [7, 11) is 1.81. The maximum absolute atomic E-state index is 13.4. The van der Waals surface area contributed by atoms with Crippen LogP contribution in [-0.2, 0) is 4.79 Å². The van der Waals surface area contributed by atoms with E-state index in [4.69, 9.17) is 0 Å². The van der Waals surface area contributed by atoms with E-state index < -0.39 is 0 Å². The molecule has 2 aliphatic rings. The Balaban J connectivity index is 1.47. The molecule has 160 valence electrons. The molecule has 1 fully saturated rings. The van der Waals surface area contributed by atoms with Gasteiger partial charge in [0.15, 0.2) is 0 Å². The summed E-state index contributed by atoms with van der Waals surface area (Å²) < 4.78 is 0. The molecule has 2 aliphatic heterocycles. The van der Waals surface area contributed by atoms with Crippen LogP contribution < -0.4 is 5.32 Å². The molecule has 2 aromatic rings. The molecule has 1 N–H and O–H groups in total. The van der Waals surface area contributed by atoms with Gasteiger partial charge in [0.1, 0.15) is 0 Å². The molecule has 0 radical (unpaired) electrons. The van der Waals surface area contributed by atoms with Gasteiger partial charge >= 0.3 is 0 Å². The minimum atomic E-state index is -0.388. The van der Waals surface area contributed by atoms with Gasteiger partial charge < -0.3 is 15.1 Å². The molecule has 2 atom stereocenters. The van der Waals surface area contributed by atoms with Crippen LogP contribution in [0.1, 0.15) is 64.9 Å². The van der Waals surface area contributed by atoms with Crippen molar-refractivity contribution in [1.29, 1.82) is 0 Å². The molecule has 0 aliphatic carbocycles. The van der Waals surface area contributed by atoms with Crippen LogP contribution in [0, 0.1) is 0 Å². The number of carbonyl (C=O) groups is 2. The number of hydrogen-bond donors (Lipinski definition) is 1. The third-order valence-electron chi connectivity index (χ3n) is 6.35. The molecule has 1 aromatic heterocycles. The first-order valence-corrected chi connectivity index (χ1v) is 11.9. The predicted molar refractivity (Wildman–Crippen MR) is 121 cm³/mol. The molecule has 6 heteroatoms. The lowest BCUT2D eigenvalue weighted by molar-refractivity contribution is -0.124. The number of carbonyl (C=O) groups excluding carboxylic acids is 2. The zero-order chi connectivity index (χ0) is 20.9. The Bertz CT molecular complexity index is 859. The van der Waals surface area contributed by atoms with E-state index in [1.807, 2.05) is 48.8 Å². The highest BCUT2D eigenvalue weighted by molar-refractivity contribution is 7.10. The third kappa shape index (κ3) is 4.44. The predicted octanol–water partition coefficient (Wildman–Crippen LogP) is 4.04. The summed E-state index contributed by atoms with van der Waals surface area (Å²) in [5.41, 5.74) is 1.47. The Morgan fingerprint density at radius 2 is 1.87 bits per heavy atom. The van der Waals surface area contributed by atoms with Crippen molar-refractivity contribution >= 4 is 23.2 Å². The van der Waals surface area contributed by atoms with E-state index in [0.29, 0.717) is 12.1 Å². The lowest BCUT2D eigenvalue weighted by atomic mass is 9.81. The number of thiophene rings is 1. The Labute approximate surface area is 183 Å². The lowest BCUT2D eigenvalue weighted by Crippen LogP contribution is -2.45. The minimum Gasteiger partial charge on any atom is -0.355 e. The fourth-order valence-corrected chi connectivity index (χ4v) is 5.66. The van der Waals surface area contributed by atoms with Crippen molar-refractivity contribution in [3.8, 4) is 0 Å². The summed E-state index contributed by atoms with van der Waals surface area (Å²) in [6.45, 7) is 4.06. The number of nitrogens with zero attached hydrogens (tertiary/aromatic N) is 2. The lowest BCUT2D eigenvalue weighted by Gasteiger charge is -2.39. The largest absolute Gasteiger partial charge is 0.355 e. The number of rotatable bonds is 6. The number of likely N-dealkylation sites (N-methyl/N-ethyl adjacent to an activating group) is 1. The van der Waals surface area contributed by atoms with Gasteiger partial charge in [-0.2, -0.15) is 0 Å². The van der Waals surface area contributed by atoms with Crippen LogP contribution in [0.25, 0.3) is 0 Å². The molecular formula is C24H31N3O2S. The molecule has 0 unspecified atom stereocenters. The molecule has 1 aromatic carbocycles. The van der Waals surface area contributed by atoms with Crippen molar-refractivity contribution in [1.82, 2.24) is 15.1 Å². The number of amides is 2. The summed E-state index contributed by atoms with van der Waals surface area (Å²) in [6.07, 6.45) is 6.20. The first kappa shape index (κ1) is 21.1. The molecule has 1 saturated heterocycles. The van der Waals surface area contributed by atoms with Crippen molar-refractivity contribution in [2.45, 2.75) is 44.1 Å². The van der Waals surface area contributed by atoms with Crippen molar-refractivity contribution in [2.24, 2.45) is 0 Å². The number of likely N-dealkylation sites (tertiary alicyclic amines) is 1. The maximum atomic E-state index is 13.4. The Morgan fingerprint density at radius 3 is 2.60 bits per heavy atom. The van der Waals surface area contributed by atoms with Crippen LogP contribution in [0.3, 0.4) is 0 Å². The Morgan fingerprint density at radius 1 is 1.10 bits per heavy atom. The Hall–Kier alpha value is -2.18. The highest BCUT2D eigenvalue weighted by atomic mass is 32.1. The maximum Gasteiger partial charge on any atom is 0.254 e. The molecule has 0 bridgehead atoms. The monoisotopic (exact) mass is 425 g/mol. The second-order valence-corrected chi connectivity index (χ2v) is 9.32. The van der Waals surface area contributed by atoms with Gasteiger partial charge in [-0.05, 0) is 62.0 Å². The molecule has 2 amide bonds. The second kappa shape index (κ2) is 9.75. The van der Waals surface area contributed by atoms with Crippen molar-refractivity contribution in [3.05, 3.63) is 57.8 Å². The average Bonchev–Trinajstić information content (AvgIpc) is 3.16. The molecule has 0 spiro atoms. The van der Waals surface area contributed by atoms with Gasteiger partial charge in [0.25, 0.3) is 5.91 Å². The summed E-state index contributed by atoms with van der Waals surface area (Å²) in [5.74, 6) is -0.397. The fourth-order valence-electron chi connectivity index (χ4n) is 4.76. The topological polar surface area (TPSA) is 52.7 Å². The van der Waals surface area contributed by atoms with Crippen LogP contribution in [0.2, 0.25) is 0 Å². The first-order chi connectivity index (χ1) is 14.7. The highest BCUT2D eigenvalue weighted by Gasteiger charge is 2.42. The van der Waals surface area contributed by atoms with Gasteiger partial charge in [-0.15, -0.1) is 11.3 Å². The first-order valence-electron chi connectivity index (χ1n) is 11.1. The highest BCUT2D eigenvalue weighted by Crippen LogP contribution is 2.43. The van der Waals surface area contributed by atoms with Gasteiger partial charge in [0, 0.05) is 24.0 Å². The van der Waals surface area contributed by atoms with E-state index in [-0.39, 0.29) is 23.8 Å². The summed E-state index contributed by atoms with van der Waals surface area (Å²) in [6, 6.07) is 11.3. The molecule has 0 saturated carbocycles. The van der Waals surface area contributed by atoms with Gasteiger partial charge in [0.05, 0.1) is 12.0 Å². The van der Waals surface area contributed by atoms with Crippen molar-refractivity contribution < 1.29 is 9.59 Å². The average molecular weight is 426 g/mol. The second-order valence-electron chi connectivity index (χ2n) is 8.34. The minimum absolute atomic E-state index is 0.0102. The van der Waals surface area contributed by atoms with E-state index in [9.17, 15) is 9.59 Å². The van der Waals surface area contributed by atoms with E-state index in [1.54, 1.807) is 16.2 Å². The number of benzene rings is 1. The Kier molecular flexibility index (Phi) is 6.85. The number of hydrogen-bond acceptors (Lipinski definition) is 4. The van der Waals surface area contributed by atoms with E-state index in [1.165, 1.54) is 38.8 Å². The van der Waals surface area contributed by atoms with Gasteiger partial charge in [-0.3, -0.25) is 9.59 Å². The third-order valence-corrected chi connectivity index (χ3v) is 7.29. The van der Waals surface area contributed by atoms with Crippen LogP contribution >= 0.6 is 11.3 Å². The molecular weight excluding hydrogens is 394 g/mol. The van der Waals surface area contributed by atoms with Crippen molar-refractivity contribution in [2.75, 3.05) is 33.2 Å². The van der Waals surface area contributed by atoms with Crippen LogP contribution in [0.4, 0.5) is 0 Å². The zero-order valence-corrected chi connectivity index (χ0v) is 18.5. The molecule has 5 nitrogen and oxygen atoms in total. The molecule has 30 heavy (non-hydrogen) atoms. The number of fused-ring (bicyclic) bond motifs is 1. The number of nitrogens with one attached hydrogen (secondary N) is 1. The summed E-state index contributed by atoms with van der Waals surface area (Å²) >= 11 is 1.60. The van der Waals surface area contributed by atoms with Crippen LogP contribution in [-0.4, -0.2) is 54.8 Å². The van der Waals surface area contributed by atoms with Crippen LogP contribution in [0.5, 0.6) is 0 Å². The van der Waals surface area contributed by atoms with Gasteiger partial charge in [-0.1, -0.05) is 37.1 Å². The van der Waals surface area contributed by atoms with Crippen molar-refractivity contribution in [3.63, 3.8) is 0 Å². The van der Waals surface area contributed by atoms with E-state index >= 15 is 0 Å². The van der Waals surface area contributed by atoms with Crippen LogP contribution in [0.15, 0.2) is 41.8 Å². The van der Waals surface area contributed by atoms with E-state index in [0.717, 1.165) is 23.4 Å². The standard InChI is InChI=1S/C24H31N3O2S/c1-26-22(20-12-8-17-30-20)21(18-10-4-5-11-19(18)24(26)29)23(28)25-13-9-16-27-14-6-2-3-7-15-27/h4-5,8,10-12,17,21-22H,2-3,6-7,9,13-16H2,1H3,(H,25,28)/t21-,22+/m1/s1. The van der Waals surface area contributed by atoms with Gasteiger partial charge in [-0.25, -0.2) is 0 Å². The smallest absolute Gasteiger partial charge is 0.254 e. The van der Waals surface area contributed by atoms with Gasteiger partial charge in [0.2, 0.25) is 5.91 Å². The van der Waals surface area contributed by atoms with E-state index in [2.05, 4.69) is 10.2 Å². The quantitative estimate of drug-likeness (QED) is 0.711. The normalized spacial score (nSPS) is 22.4. The molecule has 3 heterocycles. The molecule has 4 rings (SSSR count). The zero-order valence-electron chi connectivity index (χ0n) is 17.7.